The molecule has 0 spiro atoms. The van der Waals surface area contributed by atoms with E-state index in [-0.39, 0.29) is 40.7 Å². The van der Waals surface area contributed by atoms with Crippen molar-refractivity contribution in [3.05, 3.63) is 63.7 Å². The standard InChI is InChI=1S/C27H35N3O3/c1-8-29-25(33)16-9-10-17-14-30(24(28)19(17)11-16)15-22(31)18-12-20(26(2,3)4)23(32)21(13-18)27(5,6)7/h9-13,28,32H,8,14-15H2,1-7H3,(H,29,33). The number of phenols is 1. The molecule has 33 heavy (non-hydrogen) atoms. The van der Waals surface area contributed by atoms with Crippen molar-refractivity contribution >= 4 is 17.5 Å². The van der Waals surface area contributed by atoms with Crippen LogP contribution in [0.15, 0.2) is 30.3 Å². The minimum absolute atomic E-state index is 0.0575. The molecule has 1 amide bonds. The Morgan fingerprint density at radius 2 is 1.58 bits per heavy atom. The zero-order valence-corrected chi connectivity index (χ0v) is 20.7. The number of hydrogen-bond acceptors (Lipinski definition) is 4. The number of amidine groups is 1. The van der Waals surface area contributed by atoms with E-state index in [9.17, 15) is 14.7 Å². The third-order valence-electron chi connectivity index (χ3n) is 6.02. The summed E-state index contributed by atoms with van der Waals surface area (Å²) in [5.41, 5.74) is 3.49. The molecule has 3 N–H and O–H groups in total. The van der Waals surface area contributed by atoms with Crippen LogP contribution in [0.1, 0.15) is 91.4 Å². The van der Waals surface area contributed by atoms with E-state index in [1.54, 1.807) is 29.2 Å². The van der Waals surface area contributed by atoms with E-state index in [0.717, 1.165) is 16.7 Å². The Morgan fingerprint density at radius 3 is 2.09 bits per heavy atom. The van der Waals surface area contributed by atoms with Gasteiger partial charge >= 0.3 is 0 Å². The van der Waals surface area contributed by atoms with Gasteiger partial charge in [-0.1, -0.05) is 47.6 Å². The Hall–Kier alpha value is -3.15. The van der Waals surface area contributed by atoms with Gasteiger partial charge in [-0.05, 0) is 47.6 Å². The van der Waals surface area contributed by atoms with Crippen molar-refractivity contribution in [2.75, 3.05) is 13.1 Å². The fourth-order valence-corrected chi connectivity index (χ4v) is 4.13. The van der Waals surface area contributed by atoms with Crippen molar-refractivity contribution in [1.29, 1.82) is 5.41 Å². The number of Topliss-reactive ketones (excluding diaryl/α,β-unsaturated/α-hetero) is 1. The second-order valence-corrected chi connectivity index (χ2v) is 10.8. The molecule has 176 valence electrons. The molecular weight excluding hydrogens is 414 g/mol. The zero-order valence-electron chi connectivity index (χ0n) is 20.7. The van der Waals surface area contributed by atoms with E-state index in [0.29, 0.717) is 29.8 Å². The van der Waals surface area contributed by atoms with Crippen LogP contribution in [0.25, 0.3) is 0 Å². The molecule has 1 heterocycles. The van der Waals surface area contributed by atoms with Gasteiger partial charge in [0.25, 0.3) is 5.91 Å². The van der Waals surface area contributed by atoms with Gasteiger partial charge in [-0.2, -0.15) is 0 Å². The van der Waals surface area contributed by atoms with Crippen LogP contribution in [0.4, 0.5) is 0 Å². The van der Waals surface area contributed by atoms with Crippen LogP contribution < -0.4 is 5.32 Å². The average molecular weight is 450 g/mol. The van der Waals surface area contributed by atoms with Gasteiger partial charge in [0.15, 0.2) is 5.78 Å². The van der Waals surface area contributed by atoms with Crippen LogP contribution >= 0.6 is 0 Å². The highest BCUT2D eigenvalue weighted by atomic mass is 16.3. The maximum atomic E-state index is 13.3. The predicted octanol–water partition coefficient (Wildman–Crippen LogP) is 4.76. The monoisotopic (exact) mass is 449 g/mol. The SMILES string of the molecule is CCNC(=O)c1ccc2c(c1)C(=N)N(CC(=O)c1cc(C(C)(C)C)c(O)c(C(C)(C)C)c1)C2. The zero-order chi connectivity index (χ0) is 24.7. The van der Waals surface area contributed by atoms with Crippen LogP contribution in [0.2, 0.25) is 0 Å². The highest BCUT2D eigenvalue weighted by Gasteiger charge is 2.30. The quantitative estimate of drug-likeness (QED) is 0.574. The summed E-state index contributed by atoms with van der Waals surface area (Å²) in [6.45, 7) is 15.0. The lowest BCUT2D eigenvalue weighted by molar-refractivity contribution is 0.0950. The normalized spacial score (nSPS) is 13.8. The van der Waals surface area contributed by atoms with Crippen LogP contribution in [0.3, 0.4) is 0 Å². The first-order valence-corrected chi connectivity index (χ1v) is 11.4. The lowest BCUT2D eigenvalue weighted by Crippen LogP contribution is -2.31. The molecule has 0 aliphatic carbocycles. The molecule has 2 aromatic rings. The Labute approximate surface area is 196 Å². The van der Waals surface area contributed by atoms with Gasteiger partial charge in [-0.25, -0.2) is 0 Å². The van der Waals surface area contributed by atoms with Gasteiger partial charge in [0.2, 0.25) is 0 Å². The molecule has 3 rings (SSSR count). The molecule has 0 fully saturated rings. The molecule has 0 aromatic heterocycles. The number of fused-ring (bicyclic) bond motifs is 1. The van der Waals surface area contributed by atoms with Crippen molar-refractivity contribution < 1.29 is 14.7 Å². The first-order chi connectivity index (χ1) is 15.2. The maximum absolute atomic E-state index is 13.3. The third kappa shape index (κ3) is 4.95. The number of benzene rings is 2. The molecule has 0 unspecified atom stereocenters. The van der Waals surface area contributed by atoms with E-state index in [4.69, 9.17) is 5.41 Å². The Morgan fingerprint density at radius 1 is 1.00 bits per heavy atom. The molecule has 2 aromatic carbocycles. The van der Waals surface area contributed by atoms with Gasteiger partial charge in [0.1, 0.15) is 11.6 Å². The largest absolute Gasteiger partial charge is 0.507 e. The van der Waals surface area contributed by atoms with E-state index in [1.165, 1.54) is 0 Å². The number of rotatable bonds is 5. The summed E-state index contributed by atoms with van der Waals surface area (Å²) in [5.74, 6) is 0.213. The molecule has 6 nitrogen and oxygen atoms in total. The number of hydrogen-bond donors (Lipinski definition) is 3. The van der Waals surface area contributed by atoms with Gasteiger partial charge in [-0.3, -0.25) is 15.0 Å². The number of nitrogens with zero attached hydrogens (tertiary/aromatic N) is 1. The second kappa shape index (κ2) is 8.65. The van der Waals surface area contributed by atoms with Crippen molar-refractivity contribution in [2.45, 2.75) is 65.8 Å². The lowest BCUT2D eigenvalue weighted by atomic mass is 9.78. The molecule has 6 heteroatoms. The Kier molecular flexibility index (Phi) is 6.42. The highest BCUT2D eigenvalue weighted by Crippen LogP contribution is 2.40. The van der Waals surface area contributed by atoms with Crippen LogP contribution in [0, 0.1) is 5.41 Å². The van der Waals surface area contributed by atoms with Gasteiger partial charge in [0.05, 0.1) is 6.54 Å². The topological polar surface area (TPSA) is 93.5 Å². The minimum Gasteiger partial charge on any atom is -0.507 e. The van der Waals surface area contributed by atoms with E-state index >= 15 is 0 Å². The molecule has 0 radical (unpaired) electrons. The number of carbonyl (C=O) groups excluding carboxylic acids is 2. The van der Waals surface area contributed by atoms with Gasteiger partial charge < -0.3 is 15.3 Å². The summed E-state index contributed by atoms with van der Waals surface area (Å²) in [5, 5.41) is 22.3. The van der Waals surface area contributed by atoms with Crippen LogP contribution in [-0.2, 0) is 17.4 Å². The van der Waals surface area contributed by atoms with Gasteiger partial charge in [-0.15, -0.1) is 0 Å². The van der Waals surface area contributed by atoms with E-state index in [1.807, 2.05) is 54.5 Å². The molecule has 0 bridgehead atoms. The summed E-state index contributed by atoms with van der Waals surface area (Å²) in [6.07, 6.45) is 0. The molecule has 1 aliphatic heterocycles. The average Bonchev–Trinajstić information content (AvgIpc) is 3.01. The molecule has 0 saturated carbocycles. The summed E-state index contributed by atoms with van der Waals surface area (Å²) in [6, 6.07) is 8.91. The smallest absolute Gasteiger partial charge is 0.251 e. The van der Waals surface area contributed by atoms with Crippen molar-refractivity contribution in [3.63, 3.8) is 0 Å². The van der Waals surface area contributed by atoms with Crippen molar-refractivity contribution in [3.8, 4) is 5.75 Å². The fraction of sp³-hybridized carbons (Fsp3) is 0.444. The van der Waals surface area contributed by atoms with Crippen LogP contribution in [-0.4, -0.2) is 40.6 Å². The number of carbonyl (C=O) groups is 2. The van der Waals surface area contributed by atoms with Crippen molar-refractivity contribution in [1.82, 2.24) is 10.2 Å². The van der Waals surface area contributed by atoms with Crippen molar-refractivity contribution in [2.24, 2.45) is 0 Å². The fourth-order valence-electron chi connectivity index (χ4n) is 4.13. The second-order valence-electron chi connectivity index (χ2n) is 10.8. The maximum Gasteiger partial charge on any atom is 0.251 e. The first-order valence-electron chi connectivity index (χ1n) is 11.4. The van der Waals surface area contributed by atoms with E-state index < -0.39 is 0 Å². The lowest BCUT2D eigenvalue weighted by Gasteiger charge is -2.28. The molecular formula is C27H35N3O3. The highest BCUT2D eigenvalue weighted by molar-refractivity contribution is 6.07. The third-order valence-corrected chi connectivity index (χ3v) is 6.02. The number of ketones is 1. The predicted molar refractivity (Wildman–Crippen MR) is 132 cm³/mol. The first kappa shape index (κ1) is 24.5. The minimum atomic E-state index is -0.327. The number of amides is 1. The molecule has 1 aliphatic rings. The summed E-state index contributed by atoms with van der Waals surface area (Å²) in [4.78, 5) is 27.3. The Balaban J connectivity index is 1.90. The number of nitrogens with one attached hydrogen (secondary N) is 2. The summed E-state index contributed by atoms with van der Waals surface area (Å²) in [7, 11) is 0. The number of aromatic hydroxyl groups is 1. The molecule has 0 atom stereocenters. The van der Waals surface area contributed by atoms with Gasteiger partial charge in [0, 0.05) is 40.9 Å². The Bertz CT molecular complexity index is 1090. The van der Waals surface area contributed by atoms with E-state index in [2.05, 4.69) is 5.32 Å². The molecule has 0 saturated heterocycles. The summed E-state index contributed by atoms with van der Waals surface area (Å²) >= 11 is 0. The summed E-state index contributed by atoms with van der Waals surface area (Å²) < 4.78 is 0. The number of phenolic OH excluding ortho intramolecular Hbond substituents is 1. The van der Waals surface area contributed by atoms with Crippen LogP contribution in [0.5, 0.6) is 5.75 Å².